The molecule has 0 radical (unpaired) electrons. The molecule has 0 saturated carbocycles. The highest BCUT2D eigenvalue weighted by atomic mass is 16.3. The van der Waals surface area contributed by atoms with E-state index in [1.807, 2.05) is 43.1 Å². The molecule has 0 aromatic heterocycles. The molecular weight excluding hydrogens is 190 g/mol. The van der Waals surface area contributed by atoms with Crippen LogP contribution in [0.1, 0.15) is 15.9 Å². The minimum absolute atomic E-state index is 0.0809. The molecule has 1 N–H and O–H groups in total. The number of nitrogens with zero attached hydrogens (tertiary/aromatic N) is 1. The van der Waals surface area contributed by atoms with Gasteiger partial charge in [-0.2, -0.15) is 0 Å². The Labute approximate surface area is 90.3 Å². The first kappa shape index (κ1) is 11.9. The maximum Gasteiger partial charge on any atom is 0.177 e. The van der Waals surface area contributed by atoms with Gasteiger partial charge in [0.25, 0.3) is 0 Å². The lowest BCUT2D eigenvalue weighted by atomic mass is 10.0. The standard InChI is InChI=1S/C12H17NO2/c1-10-5-3-4-6-11(10)12(15)9-13(2)7-8-14/h3-6,14H,7-9H2,1-2H3. The van der Waals surface area contributed by atoms with Crippen molar-refractivity contribution in [3.63, 3.8) is 0 Å². The van der Waals surface area contributed by atoms with E-state index >= 15 is 0 Å². The van der Waals surface area contributed by atoms with Crippen LogP contribution in [0, 0.1) is 6.92 Å². The van der Waals surface area contributed by atoms with Crippen LogP contribution in [0.4, 0.5) is 0 Å². The predicted molar refractivity (Wildman–Crippen MR) is 60.1 cm³/mol. The van der Waals surface area contributed by atoms with Crippen LogP contribution < -0.4 is 0 Å². The minimum Gasteiger partial charge on any atom is -0.395 e. The molecule has 1 rings (SSSR count). The third-order valence-electron chi connectivity index (χ3n) is 2.34. The van der Waals surface area contributed by atoms with Crippen molar-refractivity contribution in [2.24, 2.45) is 0 Å². The number of aliphatic hydroxyl groups is 1. The van der Waals surface area contributed by atoms with Crippen LogP contribution in [0.2, 0.25) is 0 Å². The third-order valence-corrected chi connectivity index (χ3v) is 2.34. The third kappa shape index (κ3) is 3.46. The molecule has 0 atom stereocenters. The van der Waals surface area contributed by atoms with E-state index in [4.69, 9.17) is 5.11 Å². The summed E-state index contributed by atoms with van der Waals surface area (Å²) in [6, 6.07) is 7.56. The first-order valence-electron chi connectivity index (χ1n) is 5.03. The van der Waals surface area contributed by atoms with Crippen LogP contribution in [0.5, 0.6) is 0 Å². The molecule has 0 amide bonds. The lowest BCUT2D eigenvalue weighted by molar-refractivity contribution is 0.0935. The van der Waals surface area contributed by atoms with Gasteiger partial charge in [-0.25, -0.2) is 0 Å². The van der Waals surface area contributed by atoms with E-state index in [0.29, 0.717) is 13.1 Å². The quantitative estimate of drug-likeness (QED) is 0.735. The van der Waals surface area contributed by atoms with Crippen LogP contribution in [0.25, 0.3) is 0 Å². The summed E-state index contributed by atoms with van der Waals surface area (Å²) in [5.74, 6) is 0.101. The van der Waals surface area contributed by atoms with Gasteiger partial charge in [-0.1, -0.05) is 24.3 Å². The van der Waals surface area contributed by atoms with Gasteiger partial charge in [-0.3, -0.25) is 9.69 Å². The molecule has 82 valence electrons. The molecule has 0 spiro atoms. The summed E-state index contributed by atoms with van der Waals surface area (Å²) in [6.07, 6.45) is 0. The Morgan fingerprint density at radius 1 is 1.40 bits per heavy atom. The fourth-order valence-corrected chi connectivity index (χ4v) is 1.47. The van der Waals surface area contributed by atoms with E-state index in [0.717, 1.165) is 11.1 Å². The molecule has 0 aliphatic rings. The van der Waals surface area contributed by atoms with E-state index in [-0.39, 0.29) is 12.4 Å². The molecule has 0 bridgehead atoms. The predicted octanol–water partition coefficient (Wildman–Crippen LogP) is 1.10. The SMILES string of the molecule is Cc1ccccc1C(=O)CN(C)CCO. The van der Waals surface area contributed by atoms with E-state index in [2.05, 4.69) is 0 Å². The average Bonchev–Trinajstić information content (AvgIpc) is 2.18. The number of carbonyl (C=O) groups excluding carboxylic acids is 1. The summed E-state index contributed by atoms with van der Waals surface area (Å²) in [6.45, 7) is 2.89. The smallest absolute Gasteiger partial charge is 0.177 e. The summed E-state index contributed by atoms with van der Waals surface area (Å²) in [4.78, 5) is 13.6. The normalized spacial score (nSPS) is 10.7. The molecular formula is C12H17NO2. The Hall–Kier alpha value is -1.19. The number of rotatable bonds is 5. The van der Waals surface area contributed by atoms with Crippen molar-refractivity contribution in [3.05, 3.63) is 35.4 Å². The zero-order valence-corrected chi connectivity index (χ0v) is 9.23. The Kier molecular flexibility index (Phi) is 4.46. The van der Waals surface area contributed by atoms with E-state index in [1.54, 1.807) is 0 Å². The zero-order chi connectivity index (χ0) is 11.3. The first-order chi connectivity index (χ1) is 7.15. The van der Waals surface area contributed by atoms with Gasteiger partial charge in [0.15, 0.2) is 5.78 Å². The summed E-state index contributed by atoms with van der Waals surface area (Å²) in [5, 5.41) is 8.72. The van der Waals surface area contributed by atoms with Gasteiger partial charge >= 0.3 is 0 Å². The van der Waals surface area contributed by atoms with E-state index < -0.39 is 0 Å². The fourth-order valence-electron chi connectivity index (χ4n) is 1.47. The zero-order valence-electron chi connectivity index (χ0n) is 9.23. The molecule has 0 heterocycles. The van der Waals surface area contributed by atoms with Crippen LogP contribution in [-0.4, -0.2) is 42.5 Å². The van der Waals surface area contributed by atoms with Gasteiger partial charge in [0.05, 0.1) is 13.2 Å². The number of aryl methyl sites for hydroxylation is 1. The second-order valence-corrected chi connectivity index (χ2v) is 3.70. The highest BCUT2D eigenvalue weighted by Crippen LogP contribution is 2.08. The lowest BCUT2D eigenvalue weighted by Crippen LogP contribution is -2.28. The van der Waals surface area contributed by atoms with E-state index in [1.165, 1.54) is 0 Å². The van der Waals surface area contributed by atoms with Crippen molar-refractivity contribution in [2.45, 2.75) is 6.92 Å². The summed E-state index contributed by atoms with van der Waals surface area (Å²) in [7, 11) is 1.83. The highest BCUT2D eigenvalue weighted by molar-refractivity contribution is 5.98. The molecule has 3 nitrogen and oxygen atoms in total. The molecule has 15 heavy (non-hydrogen) atoms. The number of likely N-dealkylation sites (N-methyl/N-ethyl adjacent to an activating group) is 1. The van der Waals surface area contributed by atoms with Gasteiger partial charge in [0.2, 0.25) is 0 Å². The molecule has 0 unspecified atom stereocenters. The van der Waals surface area contributed by atoms with Crippen molar-refractivity contribution >= 4 is 5.78 Å². The lowest BCUT2D eigenvalue weighted by Gasteiger charge is -2.14. The molecule has 0 aliphatic heterocycles. The highest BCUT2D eigenvalue weighted by Gasteiger charge is 2.10. The van der Waals surface area contributed by atoms with Crippen LogP contribution in [0.15, 0.2) is 24.3 Å². The number of aliphatic hydroxyl groups excluding tert-OH is 1. The minimum atomic E-state index is 0.0809. The van der Waals surface area contributed by atoms with Gasteiger partial charge in [-0.05, 0) is 19.5 Å². The summed E-state index contributed by atoms with van der Waals surface area (Å²) in [5.41, 5.74) is 1.77. The van der Waals surface area contributed by atoms with E-state index in [9.17, 15) is 4.79 Å². The number of hydrogen-bond acceptors (Lipinski definition) is 3. The number of Topliss-reactive ketones (excluding diaryl/α,β-unsaturated/α-hetero) is 1. The topological polar surface area (TPSA) is 40.5 Å². The monoisotopic (exact) mass is 207 g/mol. The first-order valence-corrected chi connectivity index (χ1v) is 5.03. The van der Waals surface area contributed by atoms with Crippen LogP contribution >= 0.6 is 0 Å². The van der Waals surface area contributed by atoms with Crippen molar-refractivity contribution < 1.29 is 9.90 Å². The molecule has 0 saturated heterocycles. The molecule has 1 aromatic rings. The summed E-state index contributed by atoms with van der Waals surface area (Å²) >= 11 is 0. The number of benzene rings is 1. The van der Waals surface area contributed by atoms with Crippen LogP contribution in [0.3, 0.4) is 0 Å². The van der Waals surface area contributed by atoms with Crippen molar-refractivity contribution in [2.75, 3.05) is 26.7 Å². The molecule has 0 fully saturated rings. The van der Waals surface area contributed by atoms with Crippen molar-refractivity contribution in [3.8, 4) is 0 Å². The van der Waals surface area contributed by atoms with Gasteiger partial charge in [0.1, 0.15) is 0 Å². The van der Waals surface area contributed by atoms with Gasteiger partial charge in [0, 0.05) is 12.1 Å². The Bertz CT molecular complexity index is 336. The molecule has 1 aromatic carbocycles. The van der Waals surface area contributed by atoms with Crippen molar-refractivity contribution in [1.29, 1.82) is 0 Å². The largest absolute Gasteiger partial charge is 0.395 e. The van der Waals surface area contributed by atoms with Crippen molar-refractivity contribution in [1.82, 2.24) is 4.90 Å². The summed E-state index contributed by atoms with van der Waals surface area (Å²) < 4.78 is 0. The average molecular weight is 207 g/mol. The maximum atomic E-state index is 11.8. The molecule has 3 heteroatoms. The number of ketones is 1. The second kappa shape index (κ2) is 5.63. The van der Waals surface area contributed by atoms with Crippen LogP contribution in [-0.2, 0) is 0 Å². The fraction of sp³-hybridized carbons (Fsp3) is 0.417. The second-order valence-electron chi connectivity index (χ2n) is 3.70. The maximum absolute atomic E-state index is 11.8. The van der Waals surface area contributed by atoms with Gasteiger partial charge < -0.3 is 5.11 Å². The number of hydrogen-bond donors (Lipinski definition) is 1. The Morgan fingerprint density at radius 3 is 2.67 bits per heavy atom. The molecule has 0 aliphatic carbocycles. The Balaban J connectivity index is 2.65. The Morgan fingerprint density at radius 2 is 2.07 bits per heavy atom. The van der Waals surface area contributed by atoms with Gasteiger partial charge in [-0.15, -0.1) is 0 Å². The number of carbonyl (C=O) groups is 1.